The van der Waals surface area contributed by atoms with E-state index in [0.29, 0.717) is 5.56 Å². The normalized spacial score (nSPS) is 25.4. The van der Waals surface area contributed by atoms with Gasteiger partial charge in [-0.3, -0.25) is 19.2 Å². The Morgan fingerprint density at radius 1 is 0.615 bits per heavy atom. The molecular weight excluding hydrogens is 872 g/mol. The lowest BCUT2D eigenvalue weighted by Crippen LogP contribution is -2.61. The number of phenols is 3. The van der Waals surface area contributed by atoms with Crippen molar-refractivity contribution in [2.75, 3.05) is 13.2 Å². The van der Waals surface area contributed by atoms with E-state index in [1.54, 1.807) is 0 Å². The molecule has 10 atom stereocenters. The molecule has 1 aromatic heterocycles. The highest BCUT2D eigenvalue weighted by molar-refractivity contribution is 5.91. The number of phenolic OH excluding ortho intramolecular Hbond substituents is 3. The van der Waals surface area contributed by atoms with Gasteiger partial charge >= 0.3 is 41.2 Å². The fraction of sp³-hybridized carbons (Fsp3) is 0.333. The van der Waals surface area contributed by atoms with E-state index >= 15 is 0 Å². The number of carbonyl (C=O) groups is 5. The van der Waals surface area contributed by atoms with Gasteiger partial charge in [0.05, 0.1) is 11.6 Å². The van der Waals surface area contributed by atoms with Gasteiger partial charge in [-0.05, 0) is 48.0 Å². The van der Waals surface area contributed by atoms with Gasteiger partial charge in [0.1, 0.15) is 97.2 Å². The first-order valence-corrected chi connectivity index (χ1v) is 19.3. The Bertz CT molecular complexity index is 2400. The minimum Gasteiger partial charge on any atom is -0.508 e. The van der Waals surface area contributed by atoms with E-state index < -0.39 is 123 Å². The predicted molar refractivity (Wildman–Crippen MR) is 211 cm³/mol. The molecular formula is C42H41O23+. The highest BCUT2D eigenvalue weighted by Crippen LogP contribution is 2.42. The van der Waals surface area contributed by atoms with Crippen molar-refractivity contribution in [2.45, 2.75) is 74.3 Å². The summed E-state index contributed by atoms with van der Waals surface area (Å²) < 4.78 is 44.8. The summed E-state index contributed by atoms with van der Waals surface area (Å²) in [7, 11) is 0. The molecule has 346 valence electrons. The average molecular weight is 914 g/mol. The number of carboxylic acid groups (broad SMARTS) is 2. The lowest BCUT2D eigenvalue weighted by Gasteiger charge is -2.41. The molecule has 10 N–H and O–H groups in total. The van der Waals surface area contributed by atoms with Crippen LogP contribution in [0.4, 0.5) is 0 Å². The fourth-order valence-corrected chi connectivity index (χ4v) is 6.48. The van der Waals surface area contributed by atoms with Crippen LogP contribution >= 0.6 is 0 Å². The van der Waals surface area contributed by atoms with Crippen LogP contribution in [0.25, 0.3) is 28.4 Å². The van der Waals surface area contributed by atoms with Gasteiger partial charge in [-0.1, -0.05) is 12.1 Å². The lowest BCUT2D eigenvalue weighted by atomic mass is 9.98. The molecule has 65 heavy (non-hydrogen) atoms. The summed E-state index contributed by atoms with van der Waals surface area (Å²) in [4.78, 5) is 59.0. The third-order valence-electron chi connectivity index (χ3n) is 9.69. The molecule has 0 amide bonds. The third-order valence-corrected chi connectivity index (χ3v) is 9.69. The van der Waals surface area contributed by atoms with Crippen LogP contribution in [0, 0.1) is 0 Å². The van der Waals surface area contributed by atoms with Gasteiger partial charge in [0.15, 0.2) is 6.10 Å². The molecule has 6 rings (SSSR count). The largest absolute Gasteiger partial charge is 0.508 e. The van der Waals surface area contributed by atoms with Crippen molar-refractivity contribution < 1.29 is 113 Å². The number of fused-ring (bicyclic) bond motifs is 1. The van der Waals surface area contributed by atoms with Crippen molar-refractivity contribution in [1.29, 1.82) is 0 Å². The number of carbonyl (C=O) groups excluding carboxylic acids is 3. The van der Waals surface area contributed by atoms with Crippen molar-refractivity contribution in [2.24, 2.45) is 0 Å². The Morgan fingerprint density at radius 3 is 1.83 bits per heavy atom. The summed E-state index contributed by atoms with van der Waals surface area (Å²) in [6.45, 7) is -1.56. The highest BCUT2D eigenvalue weighted by Gasteiger charge is 2.50. The van der Waals surface area contributed by atoms with E-state index in [4.69, 9.17) is 47.8 Å². The number of aliphatic hydroxyl groups excluding tert-OH is 5. The van der Waals surface area contributed by atoms with Gasteiger partial charge in [-0.25, -0.2) is 9.21 Å². The van der Waals surface area contributed by atoms with Crippen molar-refractivity contribution >= 4 is 46.9 Å². The average Bonchev–Trinajstić information content (AvgIpc) is 3.25. The van der Waals surface area contributed by atoms with Crippen LogP contribution in [0.5, 0.6) is 28.7 Å². The molecule has 3 aromatic carbocycles. The second-order valence-corrected chi connectivity index (χ2v) is 14.5. The standard InChI is InChI=1S/C42H40O23/c43-20-6-1-18(2-7-20)3-10-31(50)58-16-27-34(53)35(54)37(56)41(63-27)62-26-13-23-24(60-39(26)19-4-8-21(44)9-5-19)11-22(45)12-25(23)61-42-38(57)36(55)40(65-33(52)15-30(48)49)28(64-42)17-59-32(51)14-29(46)47/h1-13,27-28,34-38,40-42,53-57H,14-17H2,(H4-,43,44,45,46,47,48,49,50)/p+1/t27?,28?,34-,35?,36-,37?,38?,40-,41-,42-/m1/s1. The van der Waals surface area contributed by atoms with Gasteiger partial charge in [0.2, 0.25) is 18.3 Å². The SMILES string of the molecule is O=C(O)CC(=O)OCC1O[C@@H](Oc2cc(O)cc3[o+]c(-c4ccc(O)cc4)c(O[C@@H]4OC(COC(=O)C=Cc5ccc(O)cc5)[C@@H](O)C(O)C4O)cc23)C(O)[C@@H](O)[C@@H]1OC(=O)CC(=O)O. The lowest BCUT2D eigenvalue weighted by molar-refractivity contribution is -0.282. The topological polar surface area (TPSA) is 364 Å². The van der Waals surface area contributed by atoms with Crippen LogP contribution in [0.3, 0.4) is 0 Å². The zero-order valence-electron chi connectivity index (χ0n) is 33.4. The smallest absolute Gasteiger partial charge is 0.402 e. The van der Waals surface area contributed by atoms with Crippen molar-refractivity contribution in [3.8, 4) is 40.1 Å². The molecule has 4 aromatic rings. The molecule has 0 spiro atoms. The number of aromatic hydroxyl groups is 3. The molecule has 2 aliphatic rings. The number of aliphatic hydroxyl groups is 5. The highest BCUT2D eigenvalue weighted by atomic mass is 16.7. The number of hydrogen-bond donors (Lipinski definition) is 10. The van der Waals surface area contributed by atoms with Gasteiger partial charge < -0.3 is 84.2 Å². The summed E-state index contributed by atoms with van der Waals surface area (Å²) in [5.41, 5.74) is 0.605. The van der Waals surface area contributed by atoms with Gasteiger partial charge in [-0.15, -0.1) is 0 Å². The number of aliphatic carboxylic acids is 2. The maximum absolute atomic E-state index is 12.5. The minimum atomic E-state index is -2.13. The van der Waals surface area contributed by atoms with Crippen LogP contribution in [-0.2, 0) is 47.7 Å². The molecule has 0 saturated carbocycles. The van der Waals surface area contributed by atoms with Crippen molar-refractivity contribution in [1.82, 2.24) is 0 Å². The molecule has 0 aliphatic carbocycles. The molecule has 23 heteroatoms. The molecule has 5 unspecified atom stereocenters. The third kappa shape index (κ3) is 11.9. The summed E-state index contributed by atoms with van der Waals surface area (Å²) in [6.07, 6.45) is -18.7. The maximum Gasteiger partial charge on any atom is 0.402 e. The van der Waals surface area contributed by atoms with Crippen molar-refractivity contribution in [3.05, 3.63) is 78.4 Å². The quantitative estimate of drug-likeness (QED) is 0.0235. The zero-order chi connectivity index (χ0) is 47.1. The predicted octanol–water partition coefficient (Wildman–Crippen LogP) is 0.171. The molecule has 0 radical (unpaired) electrons. The monoisotopic (exact) mass is 913 g/mol. The number of benzene rings is 3. The molecule has 23 nitrogen and oxygen atoms in total. The molecule has 2 fully saturated rings. The Morgan fingerprint density at radius 2 is 1.18 bits per heavy atom. The molecule has 3 heterocycles. The first-order valence-electron chi connectivity index (χ1n) is 19.3. The molecule has 2 aliphatic heterocycles. The molecule has 2 saturated heterocycles. The van der Waals surface area contributed by atoms with E-state index in [1.165, 1.54) is 60.7 Å². The summed E-state index contributed by atoms with van der Waals surface area (Å²) in [5.74, 6) is -8.20. The van der Waals surface area contributed by atoms with Crippen LogP contribution in [-0.4, -0.2) is 156 Å². The number of ether oxygens (including phenoxy) is 7. The number of carboxylic acids is 2. The maximum atomic E-state index is 12.5. The van der Waals surface area contributed by atoms with E-state index in [-0.39, 0.29) is 45.3 Å². The van der Waals surface area contributed by atoms with Crippen molar-refractivity contribution in [3.63, 3.8) is 0 Å². The van der Waals surface area contributed by atoms with Crippen LogP contribution in [0.2, 0.25) is 0 Å². The minimum absolute atomic E-state index is 0.00749. The first-order chi connectivity index (χ1) is 30.9. The number of hydrogen-bond acceptors (Lipinski definition) is 20. The summed E-state index contributed by atoms with van der Waals surface area (Å²) >= 11 is 0. The summed E-state index contributed by atoms with van der Waals surface area (Å²) in [5, 5.41) is 103. The van der Waals surface area contributed by atoms with Gasteiger partial charge in [-0.2, -0.15) is 0 Å². The second kappa shape index (κ2) is 20.6. The fourth-order valence-electron chi connectivity index (χ4n) is 6.48. The Hall–Kier alpha value is -7.12. The second-order valence-electron chi connectivity index (χ2n) is 14.5. The van der Waals surface area contributed by atoms with Crippen LogP contribution < -0.4 is 9.47 Å². The molecule has 0 bridgehead atoms. The summed E-state index contributed by atoms with van der Waals surface area (Å²) in [6, 6.07) is 14.6. The Kier molecular flexibility index (Phi) is 15.0. The van der Waals surface area contributed by atoms with Crippen LogP contribution in [0.15, 0.2) is 77.2 Å². The Balaban J connectivity index is 1.30. The Labute approximate surface area is 365 Å². The van der Waals surface area contributed by atoms with Gasteiger partial charge in [0.25, 0.3) is 0 Å². The van der Waals surface area contributed by atoms with E-state index in [1.807, 2.05) is 0 Å². The van der Waals surface area contributed by atoms with E-state index in [2.05, 4.69) is 0 Å². The number of rotatable bonds is 16. The van der Waals surface area contributed by atoms with Crippen LogP contribution in [0.1, 0.15) is 18.4 Å². The number of esters is 3. The van der Waals surface area contributed by atoms with E-state index in [0.717, 1.165) is 18.2 Å². The van der Waals surface area contributed by atoms with E-state index in [9.17, 15) is 64.8 Å². The zero-order valence-corrected chi connectivity index (χ0v) is 33.4. The first kappa shape index (κ1) is 47.4. The van der Waals surface area contributed by atoms with Gasteiger partial charge in [0, 0.05) is 18.2 Å².